The van der Waals surface area contributed by atoms with Gasteiger partial charge in [0.05, 0.1) is 16.1 Å². The number of nitrogens with one attached hydrogen (secondary N) is 1. The number of carboxylic acid groups (broad SMARTS) is 1. The summed E-state index contributed by atoms with van der Waals surface area (Å²) in [6.07, 6.45) is 1.48. The number of nitrogens with two attached hydrogens (primary N) is 1. The lowest BCUT2D eigenvalue weighted by molar-refractivity contribution is 0.0697. The van der Waals surface area contributed by atoms with E-state index in [4.69, 9.17) is 10.2 Å². The quantitative estimate of drug-likeness (QED) is 0.286. The third-order valence-electron chi connectivity index (χ3n) is 5.62. The minimum atomic E-state index is -4.76. The van der Waals surface area contributed by atoms with Crippen molar-refractivity contribution in [1.82, 2.24) is 0 Å². The number of rotatable bonds is 11. The van der Waals surface area contributed by atoms with E-state index in [1.807, 2.05) is 13.8 Å². The number of anilines is 1. The van der Waals surface area contributed by atoms with Gasteiger partial charge in [-0.25, -0.2) is 31.5 Å². The second kappa shape index (κ2) is 11.3. The Bertz CT molecular complexity index is 1110. The normalized spacial score (nSPS) is 13.5. The smallest absolute Gasteiger partial charge is 0.335 e. The van der Waals surface area contributed by atoms with Gasteiger partial charge >= 0.3 is 5.97 Å². The molecule has 2 aromatic rings. The van der Waals surface area contributed by atoms with Crippen molar-refractivity contribution in [3.63, 3.8) is 0 Å². The highest BCUT2D eigenvalue weighted by Gasteiger charge is 2.31. The molecule has 0 bridgehead atoms. The topological polar surface area (TPSA) is 109 Å². The van der Waals surface area contributed by atoms with E-state index in [1.165, 1.54) is 24.3 Å². The Morgan fingerprint density at radius 2 is 1.70 bits per heavy atom. The molecule has 182 valence electrons. The maximum absolute atomic E-state index is 15.2. The molecule has 0 amide bonds. The summed E-state index contributed by atoms with van der Waals surface area (Å²) in [6.45, 7) is 6.21. The molecule has 2 aromatic carbocycles. The van der Waals surface area contributed by atoms with Crippen LogP contribution in [0.25, 0.3) is 0 Å². The zero-order valence-electron chi connectivity index (χ0n) is 18.5. The molecule has 0 aliphatic carbocycles. The van der Waals surface area contributed by atoms with Gasteiger partial charge < -0.3 is 10.4 Å². The van der Waals surface area contributed by atoms with E-state index in [0.717, 1.165) is 6.42 Å². The zero-order valence-corrected chi connectivity index (χ0v) is 20.1. The van der Waals surface area contributed by atoms with E-state index >= 15 is 4.39 Å². The number of primary sulfonamides is 1. The molecule has 6 nitrogen and oxygen atoms in total. The van der Waals surface area contributed by atoms with Crippen LogP contribution in [0.2, 0.25) is 0 Å². The zero-order chi connectivity index (χ0) is 24.9. The van der Waals surface area contributed by atoms with Gasteiger partial charge in [-0.2, -0.15) is 0 Å². The maximum atomic E-state index is 15.2. The fourth-order valence-corrected chi connectivity index (χ4v) is 4.92. The van der Waals surface area contributed by atoms with Crippen LogP contribution in [0.4, 0.5) is 18.9 Å². The van der Waals surface area contributed by atoms with E-state index in [9.17, 15) is 22.0 Å². The van der Waals surface area contributed by atoms with E-state index in [-0.39, 0.29) is 23.8 Å². The molecule has 33 heavy (non-hydrogen) atoms. The fourth-order valence-electron chi connectivity index (χ4n) is 3.18. The Morgan fingerprint density at radius 1 is 1.09 bits per heavy atom. The second-order valence-corrected chi connectivity index (χ2v) is 10.4. The number of hydrogen-bond acceptors (Lipinski definition) is 5. The van der Waals surface area contributed by atoms with Crippen molar-refractivity contribution in [3.8, 4) is 0 Å². The van der Waals surface area contributed by atoms with E-state index < -0.39 is 48.9 Å². The highest BCUT2D eigenvalue weighted by Crippen LogP contribution is 2.38. The molecule has 2 atom stereocenters. The van der Waals surface area contributed by atoms with Crippen molar-refractivity contribution >= 4 is 33.4 Å². The molecule has 0 aromatic heterocycles. The van der Waals surface area contributed by atoms with Crippen molar-refractivity contribution in [2.24, 2.45) is 17.0 Å². The molecule has 0 aliphatic heterocycles. The van der Waals surface area contributed by atoms with Gasteiger partial charge in [-0.1, -0.05) is 39.3 Å². The Morgan fingerprint density at radius 3 is 2.21 bits per heavy atom. The number of carbonyl (C=O) groups is 1. The SMILES string of the molecule is CCC(C)C(C)CCNc1c(F)c(SCc2ccc(C(=O)O)cc2)c(F)c(F)c1S(N)(=O)=O. The van der Waals surface area contributed by atoms with Gasteiger partial charge in [-0.3, -0.25) is 0 Å². The summed E-state index contributed by atoms with van der Waals surface area (Å²) in [5.74, 6) is -5.17. The minimum absolute atomic E-state index is 0.00755. The van der Waals surface area contributed by atoms with Crippen LogP contribution in [0.15, 0.2) is 34.1 Å². The summed E-state index contributed by atoms with van der Waals surface area (Å²) >= 11 is 0.624. The molecule has 0 radical (unpaired) electrons. The lowest BCUT2D eigenvalue weighted by Crippen LogP contribution is -2.21. The highest BCUT2D eigenvalue weighted by atomic mass is 32.2. The van der Waals surface area contributed by atoms with Crippen molar-refractivity contribution in [2.75, 3.05) is 11.9 Å². The van der Waals surface area contributed by atoms with Crippen molar-refractivity contribution in [3.05, 3.63) is 52.8 Å². The monoisotopic (exact) mass is 504 g/mol. The predicted molar refractivity (Wildman–Crippen MR) is 122 cm³/mol. The number of aromatic carboxylic acids is 1. The van der Waals surface area contributed by atoms with Crippen LogP contribution in [0, 0.1) is 29.3 Å². The van der Waals surface area contributed by atoms with Crippen LogP contribution in [0.5, 0.6) is 0 Å². The fraction of sp³-hybridized carbons (Fsp3) is 0.409. The predicted octanol–water partition coefficient (Wildman–Crippen LogP) is 5.23. The van der Waals surface area contributed by atoms with Crippen LogP contribution in [-0.2, 0) is 15.8 Å². The molecule has 0 heterocycles. The van der Waals surface area contributed by atoms with Gasteiger partial charge in [0, 0.05) is 12.3 Å². The summed E-state index contributed by atoms with van der Waals surface area (Å²) < 4.78 is 68.4. The van der Waals surface area contributed by atoms with Gasteiger partial charge in [0.15, 0.2) is 17.5 Å². The van der Waals surface area contributed by atoms with E-state index in [1.54, 1.807) is 0 Å². The molecular formula is C22H27F3N2O4S2. The number of thioether (sulfide) groups is 1. The van der Waals surface area contributed by atoms with Gasteiger partial charge in [0.2, 0.25) is 10.0 Å². The van der Waals surface area contributed by atoms with Crippen LogP contribution in [0.1, 0.15) is 49.5 Å². The third-order valence-corrected chi connectivity index (χ3v) is 7.70. The van der Waals surface area contributed by atoms with Crippen LogP contribution in [-0.4, -0.2) is 26.0 Å². The first-order valence-corrected chi connectivity index (χ1v) is 12.8. The van der Waals surface area contributed by atoms with Crippen molar-refractivity contribution in [1.29, 1.82) is 0 Å². The van der Waals surface area contributed by atoms with Gasteiger partial charge in [0.1, 0.15) is 4.90 Å². The summed E-state index contributed by atoms with van der Waals surface area (Å²) in [6, 6.07) is 5.61. The molecule has 0 saturated heterocycles. The number of hydrogen-bond donors (Lipinski definition) is 3. The molecule has 0 fully saturated rings. The van der Waals surface area contributed by atoms with Crippen molar-refractivity contribution < 1.29 is 31.5 Å². The third kappa shape index (κ3) is 6.64. The first-order chi connectivity index (χ1) is 15.4. The summed E-state index contributed by atoms with van der Waals surface area (Å²) in [5.41, 5.74) is -0.115. The number of benzene rings is 2. The van der Waals surface area contributed by atoms with Crippen LogP contribution >= 0.6 is 11.8 Å². The Hall–Kier alpha value is -2.24. The number of halogens is 3. The van der Waals surface area contributed by atoms with E-state index in [2.05, 4.69) is 12.2 Å². The molecule has 2 unspecified atom stereocenters. The van der Waals surface area contributed by atoms with Gasteiger partial charge in [-0.05, 0) is 36.0 Å². The average molecular weight is 505 g/mol. The Kier molecular flexibility index (Phi) is 9.21. The van der Waals surface area contributed by atoms with Crippen LogP contribution < -0.4 is 10.5 Å². The first kappa shape index (κ1) is 27.0. The highest BCUT2D eigenvalue weighted by molar-refractivity contribution is 7.98. The van der Waals surface area contributed by atoms with Crippen molar-refractivity contribution in [2.45, 2.75) is 49.2 Å². The van der Waals surface area contributed by atoms with Crippen LogP contribution in [0.3, 0.4) is 0 Å². The van der Waals surface area contributed by atoms with E-state index in [0.29, 0.717) is 29.7 Å². The summed E-state index contributed by atoms with van der Waals surface area (Å²) in [4.78, 5) is 9.00. The molecule has 11 heteroatoms. The summed E-state index contributed by atoms with van der Waals surface area (Å²) in [5, 5.41) is 16.6. The average Bonchev–Trinajstić information content (AvgIpc) is 2.75. The largest absolute Gasteiger partial charge is 0.478 e. The lowest BCUT2D eigenvalue weighted by Gasteiger charge is -2.20. The Balaban J connectivity index is 2.36. The minimum Gasteiger partial charge on any atom is -0.478 e. The Labute approximate surface area is 195 Å². The number of carboxylic acids is 1. The molecular weight excluding hydrogens is 477 g/mol. The van der Waals surface area contributed by atoms with Gasteiger partial charge in [-0.15, -0.1) is 11.8 Å². The molecule has 0 aliphatic rings. The standard InChI is InChI=1S/C22H27F3N2O4S2/c1-4-12(2)13(3)9-10-27-19-18(25)20(16(23)17(24)21(19)33(26,30)31)32-11-14-5-7-15(8-6-14)22(28)29/h5-8,12-13,27H,4,9-11H2,1-3H3,(H,28,29)(H2,26,30,31). The number of sulfonamides is 1. The first-order valence-electron chi connectivity index (χ1n) is 10.3. The molecule has 0 saturated carbocycles. The molecule has 4 N–H and O–H groups in total. The maximum Gasteiger partial charge on any atom is 0.335 e. The lowest BCUT2D eigenvalue weighted by atomic mass is 9.91. The van der Waals surface area contributed by atoms with Gasteiger partial charge in [0.25, 0.3) is 0 Å². The molecule has 2 rings (SSSR count). The molecule has 0 spiro atoms. The summed E-state index contributed by atoms with van der Waals surface area (Å²) in [7, 11) is -4.76. The second-order valence-electron chi connectivity index (χ2n) is 7.89.